The van der Waals surface area contributed by atoms with Crippen LogP contribution >= 0.6 is 0 Å². The quantitative estimate of drug-likeness (QED) is 0.318. The van der Waals surface area contributed by atoms with Crippen LogP contribution in [0.5, 0.6) is 11.5 Å². The van der Waals surface area contributed by atoms with E-state index >= 15 is 0 Å². The number of methoxy groups -OCH3 is 2. The summed E-state index contributed by atoms with van der Waals surface area (Å²) in [4.78, 5) is 2.89. The topological polar surface area (TPSA) is 85.7 Å². The van der Waals surface area contributed by atoms with E-state index in [9.17, 15) is 4.39 Å². The summed E-state index contributed by atoms with van der Waals surface area (Å²) in [5.41, 5.74) is 8.54. The first-order valence-electron chi connectivity index (χ1n) is 6.81. The van der Waals surface area contributed by atoms with Crippen molar-refractivity contribution < 1.29 is 23.3 Å². The largest absolute Gasteiger partial charge is 0.464 e. The van der Waals surface area contributed by atoms with Gasteiger partial charge >= 0.3 is 0 Å². The fourth-order valence-electron chi connectivity index (χ4n) is 2.42. The molecule has 0 spiro atoms. The Bertz CT molecular complexity index is 571. The normalized spacial score (nSPS) is 15.6. The Labute approximate surface area is 127 Å². The molecule has 1 fully saturated rings. The summed E-state index contributed by atoms with van der Waals surface area (Å²) in [6.07, 6.45) is 2.21. The van der Waals surface area contributed by atoms with E-state index in [1.807, 2.05) is 0 Å². The molecule has 0 saturated heterocycles. The van der Waals surface area contributed by atoms with Gasteiger partial charge in [0.2, 0.25) is 5.82 Å². The summed E-state index contributed by atoms with van der Waals surface area (Å²) >= 11 is 0. The molecule has 0 N–H and O–H groups in total. The average molecular weight is 311 g/mol. The highest BCUT2D eigenvalue weighted by Crippen LogP contribution is 2.50. The van der Waals surface area contributed by atoms with Gasteiger partial charge in [-0.2, -0.15) is 4.39 Å². The van der Waals surface area contributed by atoms with Gasteiger partial charge in [0.25, 0.3) is 0 Å². The summed E-state index contributed by atoms with van der Waals surface area (Å²) < 4.78 is 34.8. The molecule has 2 rings (SSSR count). The Morgan fingerprint density at radius 2 is 1.91 bits per heavy atom. The fourth-order valence-corrected chi connectivity index (χ4v) is 2.42. The van der Waals surface area contributed by atoms with Gasteiger partial charge in [-0.05, 0) is 24.4 Å². The molecule has 0 aromatic heterocycles. The molecule has 1 aromatic rings. The first-order chi connectivity index (χ1) is 10.7. The lowest BCUT2D eigenvalue weighted by Gasteiger charge is -2.38. The zero-order valence-electron chi connectivity index (χ0n) is 12.5. The lowest BCUT2D eigenvalue weighted by Crippen LogP contribution is -2.32. The van der Waals surface area contributed by atoms with E-state index in [1.54, 1.807) is 6.07 Å². The van der Waals surface area contributed by atoms with Crippen molar-refractivity contribution in [1.29, 1.82) is 0 Å². The SMILES string of the molecule is COCOc1ccc(C2(N=[N+]=[N-])CCC2)c(OCOC)c1F. The first-order valence-corrected chi connectivity index (χ1v) is 6.81. The van der Waals surface area contributed by atoms with Crippen LogP contribution in [0.3, 0.4) is 0 Å². The second-order valence-electron chi connectivity index (χ2n) is 4.93. The molecule has 0 amide bonds. The zero-order chi connectivity index (χ0) is 16.0. The van der Waals surface area contributed by atoms with Gasteiger partial charge < -0.3 is 18.9 Å². The van der Waals surface area contributed by atoms with E-state index in [4.69, 9.17) is 24.5 Å². The van der Waals surface area contributed by atoms with Gasteiger partial charge in [-0.3, -0.25) is 0 Å². The Kier molecular flexibility index (Phi) is 5.43. The van der Waals surface area contributed by atoms with Crippen molar-refractivity contribution >= 4 is 0 Å². The van der Waals surface area contributed by atoms with Crippen LogP contribution in [0.15, 0.2) is 17.2 Å². The van der Waals surface area contributed by atoms with Gasteiger partial charge in [0.1, 0.15) is 0 Å². The van der Waals surface area contributed by atoms with Gasteiger partial charge in [0, 0.05) is 24.7 Å². The third kappa shape index (κ3) is 3.09. The molecule has 0 bridgehead atoms. The predicted molar refractivity (Wildman–Crippen MR) is 76.1 cm³/mol. The second kappa shape index (κ2) is 7.31. The Morgan fingerprint density at radius 1 is 1.23 bits per heavy atom. The Hall–Kier alpha value is -2.02. The Balaban J connectivity index is 2.43. The lowest BCUT2D eigenvalue weighted by molar-refractivity contribution is 0.0385. The van der Waals surface area contributed by atoms with Crippen molar-refractivity contribution in [3.8, 4) is 11.5 Å². The van der Waals surface area contributed by atoms with Crippen LogP contribution in [0.2, 0.25) is 0 Å². The molecule has 0 atom stereocenters. The number of ether oxygens (including phenoxy) is 4. The van der Waals surface area contributed by atoms with Crippen molar-refractivity contribution in [3.63, 3.8) is 0 Å². The van der Waals surface area contributed by atoms with E-state index in [0.29, 0.717) is 18.4 Å². The molecule has 0 heterocycles. The summed E-state index contributed by atoms with van der Waals surface area (Å²) in [6.45, 7) is -0.203. The molecule has 8 heteroatoms. The summed E-state index contributed by atoms with van der Waals surface area (Å²) in [5.74, 6) is -0.666. The number of rotatable bonds is 8. The van der Waals surface area contributed by atoms with Crippen molar-refractivity contribution in [2.24, 2.45) is 5.11 Å². The number of nitrogens with zero attached hydrogens (tertiary/aromatic N) is 3. The molecule has 120 valence electrons. The third-order valence-corrected chi connectivity index (χ3v) is 3.63. The number of hydrogen-bond donors (Lipinski definition) is 0. The minimum atomic E-state index is -0.765. The van der Waals surface area contributed by atoms with Crippen LogP contribution in [0.1, 0.15) is 24.8 Å². The number of benzene rings is 1. The van der Waals surface area contributed by atoms with E-state index in [1.165, 1.54) is 20.3 Å². The maximum Gasteiger partial charge on any atom is 0.207 e. The van der Waals surface area contributed by atoms with Gasteiger partial charge in [0.05, 0.1) is 5.54 Å². The maximum atomic E-state index is 14.6. The van der Waals surface area contributed by atoms with E-state index in [2.05, 4.69) is 10.0 Å². The monoisotopic (exact) mass is 311 g/mol. The number of halogens is 1. The van der Waals surface area contributed by atoms with Crippen LogP contribution in [-0.2, 0) is 15.0 Å². The molecule has 1 aliphatic carbocycles. The van der Waals surface area contributed by atoms with Gasteiger partial charge in [-0.15, -0.1) is 0 Å². The number of hydrogen-bond acceptors (Lipinski definition) is 5. The molecule has 1 saturated carbocycles. The van der Waals surface area contributed by atoms with Gasteiger partial charge in [-0.1, -0.05) is 17.6 Å². The molecular formula is C14H18FN3O4. The minimum Gasteiger partial charge on any atom is -0.464 e. The summed E-state index contributed by atoms with van der Waals surface area (Å²) in [6, 6.07) is 3.14. The highest BCUT2D eigenvalue weighted by atomic mass is 19.1. The Morgan fingerprint density at radius 3 is 2.45 bits per heavy atom. The molecule has 1 aliphatic rings. The molecule has 22 heavy (non-hydrogen) atoms. The molecule has 0 radical (unpaired) electrons. The summed E-state index contributed by atoms with van der Waals surface area (Å²) in [5, 5.41) is 3.86. The minimum absolute atomic E-state index is 0.00659. The van der Waals surface area contributed by atoms with Crippen molar-refractivity contribution in [1.82, 2.24) is 0 Å². The fraction of sp³-hybridized carbons (Fsp3) is 0.571. The van der Waals surface area contributed by atoms with Gasteiger partial charge in [0.15, 0.2) is 25.1 Å². The smallest absolute Gasteiger partial charge is 0.207 e. The molecule has 0 unspecified atom stereocenters. The van der Waals surface area contributed by atoms with E-state index in [-0.39, 0.29) is 25.1 Å². The maximum absolute atomic E-state index is 14.6. The highest BCUT2D eigenvalue weighted by Gasteiger charge is 2.41. The van der Waals surface area contributed by atoms with E-state index in [0.717, 1.165) is 6.42 Å². The molecule has 1 aromatic carbocycles. The standard InChI is InChI=1S/C14H18FN3O4/c1-19-8-21-11-5-4-10(13(12(11)15)22-9-20-2)14(17-18-16)6-3-7-14/h4-5H,3,6-9H2,1-2H3. The highest BCUT2D eigenvalue weighted by molar-refractivity contribution is 5.47. The summed E-state index contributed by atoms with van der Waals surface area (Å²) in [7, 11) is 2.88. The molecular weight excluding hydrogens is 293 g/mol. The first kappa shape index (κ1) is 16.4. The molecule has 7 nitrogen and oxygen atoms in total. The number of azide groups is 1. The van der Waals surface area contributed by atoms with Crippen LogP contribution in [0.4, 0.5) is 4.39 Å². The lowest BCUT2D eigenvalue weighted by atomic mass is 9.72. The van der Waals surface area contributed by atoms with Crippen molar-refractivity contribution in [3.05, 3.63) is 34.0 Å². The average Bonchev–Trinajstić information content (AvgIpc) is 2.48. The predicted octanol–water partition coefficient (Wildman–Crippen LogP) is 3.48. The van der Waals surface area contributed by atoms with Crippen LogP contribution in [0.25, 0.3) is 10.4 Å². The van der Waals surface area contributed by atoms with Crippen LogP contribution < -0.4 is 9.47 Å². The van der Waals surface area contributed by atoms with Crippen molar-refractivity contribution in [2.75, 3.05) is 27.8 Å². The third-order valence-electron chi connectivity index (χ3n) is 3.63. The van der Waals surface area contributed by atoms with E-state index < -0.39 is 11.4 Å². The van der Waals surface area contributed by atoms with Crippen LogP contribution in [0, 0.1) is 5.82 Å². The molecule has 0 aliphatic heterocycles. The van der Waals surface area contributed by atoms with Crippen molar-refractivity contribution in [2.45, 2.75) is 24.8 Å². The zero-order valence-corrected chi connectivity index (χ0v) is 12.5. The van der Waals surface area contributed by atoms with Gasteiger partial charge in [-0.25, -0.2) is 0 Å². The van der Waals surface area contributed by atoms with Crippen LogP contribution in [-0.4, -0.2) is 27.8 Å². The second-order valence-corrected chi connectivity index (χ2v) is 4.93.